The summed E-state index contributed by atoms with van der Waals surface area (Å²) in [6.07, 6.45) is 9.95. The maximum Gasteiger partial charge on any atom is 0.0641 e. The normalized spacial score (nSPS) is 13.4. The molecule has 0 saturated heterocycles. The summed E-state index contributed by atoms with van der Waals surface area (Å²) in [7, 11) is 0. The lowest BCUT2D eigenvalue weighted by molar-refractivity contribution is 1.11. The van der Waals surface area contributed by atoms with E-state index in [1.807, 2.05) is 0 Å². The summed E-state index contributed by atoms with van der Waals surface area (Å²) in [5.41, 5.74) is 25.1. The molecule has 312 valence electrons. The molecule has 2 aliphatic rings. The molecule has 65 heavy (non-hydrogen) atoms. The molecular weight excluding hydrogens is 789 g/mol. The van der Waals surface area contributed by atoms with Crippen LogP contribution in [0.1, 0.15) is 45.4 Å². The Morgan fingerprint density at radius 2 is 0.938 bits per heavy atom. The summed E-state index contributed by atoms with van der Waals surface area (Å²) >= 11 is 0. The van der Waals surface area contributed by atoms with Crippen LogP contribution >= 0.6 is 0 Å². The van der Waals surface area contributed by atoms with E-state index in [4.69, 9.17) is 0 Å². The molecule has 1 aliphatic carbocycles. The molecule has 4 heterocycles. The van der Waals surface area contributed by atoms with Crippen molar-refractivity contribution in [2.45, 2.75) is 48.0 Å². The summed E-state index contributed by atoms with van der Waals surface area (Å²) in [5.74, 6) is 0. The van der Waals surface area contributed by atoms with Gasteiger partial charge < -0.3 is 18.8 Å². The standard InChI is InChI=1S/C61H48N4/c1-36-29-46(30-37(2)40(36)5)62(43-18-9-7-10-19-43)54-27-25-48-51-35-57-52(34-56(51)64-45-22-14-13-17-42(33-45)58(54)60(48)64)49-26-28-55(59-50-23-15-16-24-53(50)65(57)61(49)59)63(44-20-11-8-12-21-44)47-31-38(3)41(6)39(4)32-47/h7-32,34-35H,33H2,1-6H3. The second-order valence-electron chi connectivity index (χ2n) is 18.4. The predicted molar refractivity (Wildman–Crippen MR) is 278 cm³/mol. The molecule has 0 unspecified atom stereocenters. The number of aryl methyl sites for hydroxylation is 4. The first-order valence-electron chi connectivity index (χ1n) is 22.9. The van der Waals surface area contributed by atoms with Crippen molar-refractivity contribution >= 4 is 105 Å². The third-order valence-electron chi connectivity index (χ3n) is 14.9. The number of hydrogen-bond acceptors (Lipinski definition) is 2. The minimum atomic E-state index is 0.846. The van der Waals surface area contributed by atoms with Crippen molar-refractivity contribution in [2.75, 3.05) is 9.80 Å². The molecule has 4 nitrogen and oxygen atoms in total. The van der Waals surface area contributed by atoms with Gasteiger partial charge >= 0.3 is 0 Å². The number of anilines is 6. The Morgan fingerprint density at radius 1 is 0.415 bits per heavy atom. The number of nitrogens with zero attached hydrogens (tertiary/aromatic N) is 4. The molecule has 1 aliphatic heterocycles. The highest BCUT2D eigenvalue weighted by Gasteiger charge is 2.31. The molecule has 0 radical (unpaired) electrons. The topological polar surface area (TPSA) is 15.8 Å². The maximum atomic E-state index is 2.59. The van der Waals surface area contributed by atoms with Gasteiger partial charge in [0, 0.05) is 72.7 Å². The molecule has 0 saturated carbocycles. The fourth-order valence-electron chi connectivity index (χ4n) is 11.3. The van der Waals surface area contributed by atoms with E-state index < -0.39 is 0 Å². The first kappa shape index (κ1) is 37.7. The number of rotatable bonds is 6. The van der Waals surface area contributed by atoms with Gasteiger partial charge in [-0.1, -0.05) is 85.0 Å². The van der Waals surface area contributed by atoms with E-state index in [0.717, 1.165) is 17.8 Å². The first-order chi connectivity index (χ1) is 31.7. The first-order valence-corrected chi connectivity index (χ1v) is 22.9. The lowest BCUT2D eigenvalue weighted by atomic mass is 9.92. The molecule has 8 aromatic carbocycles. The van der Waals surface area contributed by atoms with Gasteiger partial charge in [-0.2, -0.15) is 0 Å². The third-order valence-corrected chi connectivity index (χ3v) is 14.9. The fraction of sp³-hybridized carbons (Fsp3) is 0.115. The molecular formula is C61H48N4. The monoisotopic (exact) mass is 836 g/mol. The van der Waals surface area contributed by atoms with Gasteiger partial charge in [0.15, 0.2) is 0 Å². The lowest BCUT2D eigenvalue weighted by Gasteiger charge is -2.32. The zero-order chi connectivity index (χ0) is 43.8. The molecule has 11 aromatic rings. The Kier molecular flexibility index (Phi) is 8.03. The largest absolute Gasteiger partial charge is 0.312 e. The highest BCUT2D eigenvalue weighted by Crippen LogP contribution is 2.53. The quantitative estimate of drug-likeness (QED) is 0.166. The molecule has 0 fully saturated rings. The number of hydrogen-bond donors (Lipinski definition) is 0. The van der Waals surface area contributed by atoms with E-state index in [1.165, 1.54) is 133 Å². The number of benzene rings is 8. The van der Waals surface area contributed by atoms with Crippen LogP contribution in [0.5, 0.6) is 0 Å². The minimum absolute atomic E-state index is 0.846. The Hall–Kier alpha value is -7.82. The summed E-state index contributed by atoms with van der Waals surface area (Å²) in [6, 6.07) is 54.7. The summed E-state index contributed by atoms with van der Waals surface area (Å²) in [4.78, 5) is 4.95. The van der Waals surface area contributed by atoms with E-state index >= 15 is 0 Å². The highest BCUT2D eigenvalue weighted by atomic mass is 15.2. The molecule has 3 aromatic heterocycles. The summed E-state index contributed by atoms with van der Waals surface area (Å²) in [6.45, 7) is 13.4. The predicted octanol–water partition coefficient (Wildman–Crippen LogP) is 16.9. The van der Waals surface area contributed by atoms with Gasteiger partial charge in [-0.05, 0) is 165 Å². The van der Waals surface area contributed by atoms with Crippen molar-refractivity contribution < 1.29 is 0 Å². The van der Waals surface area contributed by atoms with Gasteiger partial charge in [-0.15, -0.1) is 0 Å². The molecule has 0 N–H and O–H groups in total. The van der Waals surface area contributed by atoms with Crippen LogP contribution in [0, 0.1) is 41.5 Å². The van der Waals surface area contributed by atoms with E-state index in [2.05, 4.69) is 230 Å². The van der Waals surface area contributed by atoms with Crippen LogP contribution in [0.15, 0.2) is 170 Å². The molecule has 0 amide bonds. The Bertz CT molecular complexity index is 3870. The SMILES string of the molecule is Cc1cc(N(c2ccccc2)c2ccc3c4cc5c(cc4n4c3c2C2=CC=CC=C4C2)c2ccc(N(c3ccccc3)c3cc(C)c(C)c(C)c3)c3c4ccccc4n5c23)cc(C)c1C. The van der Waals surface area contributed by atoms with Crippen LogP contribution in [0.2, 0.25) is 0 Å². The minimum Gasteiger partial charge on any atom is -0.312 e. The average molecular weight is 837 g/mol. The summed E-state index contributed by atoms with van der Waals surface area (Å²) < 4.78 is 5.14. The fourth-order valence-corrected chi connectivity index (χ4v) is 11.3. The second-order valence-corrected chi connectivity index (χ2v) is 18.4. The van der Waals surface area contributed by atoms with E-state index in [9.17, 15) is 0 Å². The number of allylic oxidation sites excluding steroid dienone is 6. The zero-order valence-electron chi connectivity index (χ0n) is 37.7. The van der Waals surface area contributed by atoms with Gasteiger partial charge in [0.05, 0.1) is 39.0 Å². The van der Waals surface area contributed by atoms with Crippen LogP contribution in [-0.4, -0.2) is 8.97 Å². The van der Waals surface area contributed by atoms with Crippen molar-refractivity contribution in [1.29, 1.82) is 0 Å². The van der Waals surface area contributed by atoms with Crippen molar-refractivity contribution in [3.05, 3.63) is 209 Å². The van der Waals surface area contributed by atoms with Crippen molar-refractivity contribution in [3.8, 4) is 0 Å². The maximum absolute atomic E-state index is 2.59. The average Bonchev–Trinajstić information content (AvgIpc) is 3.89. The third kappa shape index (κ3) is 5.31. The molecule has 4 heteroatoms. The molecule has 0 atom stereocenters. The number of fused-ring (bicyclic) bond motifs is 13. The Balaban J connectivity index is 1.12. The van der Waals surface area contributed by atoms with Crippen molar-refractivity contribution in [1.82, 2.24) is 8.97 Å². The van der Waals surface area contributed by atoms with Gasteiger partial charge in [0.1, 0.15) is 0 Å². The molecule has 13 rings (SSSR count). The van der Waals surface area contributed by atoms with E-state index in [1.54, 1.807) is 0 Å². The highest BCUT2D eigenvalue weighted by molar-refractivity contribution is 6.30. The van der Waals surface area contributed by atoms with Crippen molar-refractivity contribution in [2.24, 2.45) is 0 Å². The van der Waals surface area contributed by atoms with Crippen LogP contribution < -0.4 is 9.80 Å². The van der Waals surface area contributed by atoms with Crippen molar-refractivity contribution in [3.63, 3.8) is 0 Å². The number of aromatic nitrogens is 2. The Labute approximate surface area is 379 Å². The smallest absolute Gasteiger partial charge is 0.0641 e. The second kappa shape index (κ2) is 13.8. The van der Waals surface area contributed by atoms with Gasteiger partial charge in [0.25, 0.3) is 0 Å². The molecule has 2 bridgehead atoms. The van der Waals surface area contributed by atoms with Crippen LogP contribution in [-0.2, 0) is 0 Å². The van der Waals surface area contributed by atoms with E-state index in [-0.39, 0.29) is 0 Å². The van der Waals surface area contributed by atoms with Gasteiger partial charge in [-0.3, -0.25) is 0 Å². The summed E-state index contributed by atoms with van der Waals surface area (Å²) in [5, 5.41) is 7.61. The zero-order valence-corrected chi connectivity index (χ0v) is 37.7. The molecule has 0 spiro atoms. The van der Waals surface area contributed by atoms with Gasteiger partial charge in [-0.25, -0.2) is 0 Å². The lowest BCUT2D eigenvalue weighted by Crippen LogP contribution is -2.15. The van der Waals surface area contributed by atoms with Crippen LogP contribution in [0.4, 0.5) is 34.1 Å². The Morgan fingerprint density at radius 3 is 1.58 bits per heavy atom. The van der Waals surface area contributed by atoms with Crippen LogP contribution in [0.25, 0.3) is 71.2 Å². The van der Waals surface area contributed by atoms with Crippen LogP contribution in [0.3, 0.4) is 0 Å². The van der Waals surface area contributed by atoms with Gasteiger partial charge in [0.2, 0.25) is 0 Å². The van der Waals surface area contributed by atoms with E-state index in [0.29, 0.717) is 0 Å². The number of para-hydroxylation sites is 3.